The number of aryl methyl sites for hydroxylation is 2. The van der Waals surface area contributed by atoms with E-state index in [-0.39, 0.29) is 17.3 Å². The van der Waals surface area contributed by atoms with Gasteiger partial charge in [0.2, 0.25) is 11.8 Å². The summed E-state index contributed by atoms with van der Waals surface area (Å²) in [5.74, 6) is -0.890. The highest BCUT2D eigenvalue weighted by atomic mass is 35.5. The smallest absolute Gasteiger partial charge is 0.264 e. The van der Waals surface area contributed by atoms with Gasteiger partial charge in [-0.1, -0.05) is 66.0 Å². The molecule has 0 saturated heterocycles. The molecular weight excluding hydrogens is 557 g/mol. The van der Waals surface area contributed by atoms with Crippen LogP contribution in [0, 0.1) is 20.8 Å². The number of likely N-dealkylation sites (N-methyl/N-ethyl adjacent to an activating group) is 1. The highest BCUT2D eigenvalue weighted by Gasteiger charge is 2.34. The Bertz CT molecular complexity index is 1460. The van der Waals surface area contributed by atoms with Crippen molar-refractivity contribution < 1.29 is 18.0 Å². The molecule has 1 N–H and O–H groups in total. The van der Waals surface area contributed by atoms with Crippen LogP contribution in [-0.4, -0.2) is 44.8 Å². The zero-order valence-corrected chi connectivity index (χ0v) is 25.0. The minimum Gasteiger partial charge on any atom is -0.357 e. The topological polar surface area (TPSA) is 86.8 Å². The Morgan fingerprint density at radius 2 is 1.62 bits per heavy atom. The molecule has 0 spiro atoms. The van der Waals surface area contributed by atoms with Crippen LogP contribution in [0.1, 0.15) is 35.6 Å². The number of benzene rings is 3. The molecule has 0 aliphatic heterocycles. The molecule has 0 aliphatic carbocycles. The second-order valence-electron chi connectivity index (χ2n) is 9.35. The van der Waals surface area contributed by atoms with Crippen molar-refractivity contribution in [1.82, 2.24) is 10.2 Å². The number of carbonyl (C=O) groups excluding carboxylic acids is 2. The van der Waals surface area contributed by atoms with Crippen LogP contribution in [0.15, 0.2) is 65.6 Å². The Morgan fingerprint density at radius 1 is 0.949 bits per heavy atom. The van der Waals surface area contributed by atoms with E-state index < -0.39 is 28.5 Å². The largest absolute Gasteiger partial charge is 0.357 e. The summed E-state index contributed by atoms with van der Waals surface area (Å²) in [7, 11) is -2.64. The second kappa shape index (κ2) is 12.9. The molecule has 3 rings (SSSR count). The van der Waals surface area contributed by atoms with Crippen molar-refractivity contribution in [2.24, 2.45) is 0 Å². The number of hydrogen-bond donors (Lipinski definition) is 1. The first-order valence-corrected chi connectivity index (χ1v) is 14.7. The van der Waals surface area contributed by atoms with Crippen LogP contribution in [0.2, 0.25) is 10.0 Å². The molecule has 39 heavy (non-hydrogen) atoms. The van der Waals surface area contributed by atoms with Gasteiger partial charge in [0.05, 0.1) is 20.6 Å². The Hall–Kier alpha value is -3.07. The fraction of sp³-hybridized carbons (Fsp3) is 0.310. The minimum absolute atomic E-state index is 0.0346. The second-order valence-corrected chi connectivity index (χ2v) is 12.0. The van der Waals surface area contributed by atoms with Gasteiger partial charge in [-0.05, 0) is 74.2 Å². The number of sulfonamides is 1. The van der Waals surface area contributed by atoms with Crippen LogP contribution in [0.5, 0.6) is 0 Å². The number of rotatable bonds is 10. The van der Waals surface area contributed by atoms with Gasteiger partial charge < -0.3 is 10.2 Å². The normalized spacial score (nSPS) is 12.1. The predicted octanol–water partition coefficient (Wildman–Crippen LogP) is 5.67. The van der Waals surface area contributed by atoms with Gasteiger partial charge >= 0.3 is 0 Å². The standard InChI is InChI=1S/C29H33Cl2N3O4S/c1-6-26(29(36)32-5)33(17-22-12-15-24(30)25(31)16-22)28(35)18-34(27-9-7-8-20(3)21(27)4)39(37,38)23-13-10-19(2)11-14-23/h7-16,26H,6,17-18H2,1-5H3,(H,32,36)/t26-/m0/s1. The predicted molar refractivity (Wildman–Crippen MR) is 157 cm³/mol. The molecule has 0 aliphatic rings. The Balaban J connectivity index is 2.11. The number of nitrogens with one attached hydrogen (secondary N) is 1. The van der Waals surface area contributed by atoms with Crippen LogP contribution in [0.4, 0.5) is 5.69 Å². The van der Waals surface area contributed by atoms with Crippen molar-refractivity contribution in [2.75, 3.05) is 17.9 Å². The first-order valence-electron chi connectivity index (χ1n) is 12.5. The van der Waals surface area contributed by atoms with Gasteiger partial charge in [-0.3, -0.25) is 13.9 Å². The van der Waals surface area contributed by atoms with E-state index >= 15 is 0 Å². The van der Waals surface area contributed by atoms with Crippen LogP contribution in [-0.2, 0) is 26.2 Å². The van der Waals surface area contributed by atoms with Crippen molar-refractivity contribution in [3.63, 3.8) is 0 Å². The summed E-state index contributed by atoms with van der Waals surface area (Å²) in [5, 5.41) is 3.29. The maximum absolute atomic E-state index is 14.0. The molecule has 0 heterocycles. The zero-order valence-electron chi connectivity index (χ0n) is 22.7. The molecule has 3 aromatic carbocycles. The molecule has 1 atom stereocenters. The average molecular weight is 591 g/mol. The number of halogens is 2. The van der Waals surface area contributed by atoms with Gasteiger partial charge in [0.25, 0.3) is 10.0 Å². The first kappa shape index (κ1) is 30.5. The van der Waals surface area contributed by atoms with Gasteiger partial charge in [-0.2, -0.15) is 0 Å². The van der Waals surface area contributed by atoms with E-state index in [9.17, 15) is 18.0 Å². The third-order valence-corrected chi connectivity index (χ3v) is 9.21. The van der Waals surface area contributed by atoms with Crippen molar-refractivity contribution in [3.05, 3.63) is 93.0 Å². The summed E-state index contributed by atoms with van der Waals surface area (Å²) in [6.45, 7) is 6.89. The molecule has 0 bridgehead atoms. The number of carbonyl (C=O) groups is 2. The van der Waals surface area contributed by atoms with Crippen molar-refractivity contribution in [1.29, 1.82) is 0 Å². The lowest BCUT2D eigenvalue weighted by atomic mass is 10.1. The fourth-order valence-electron chi connectivity index (χ4n) is 4.28. The van der Waals surface area contributed by atoms with Crippen molar-refractivity contribution in [2.45, 2.75) is 51.6 Å². The van der Waals surface area contributed by atoms with E-state index in [1.807, 2.05) is 26.8 Å². The Labute approximate surface area is 240 Å². The lowest BCUT2D eigenvalue weighted by Gasteiger charge is -2.33. The lowest BCUT2D eigenvalue weighted by Crippen LogP contribution is -2.51. The number of hydrogen-bond acceptors (Lipinski definition) is 4. The number of amides is 2. The maximum Gasteiger partial charge on any atom is 0.264 e. The number of anilines is 1. The maximum atomic E-state index is 14.0. The summed E-state index contributed by atoms with van der Waals surface area (Å²) in [6, 6.07) is 15.9. The molecule has 10 heteroatoms. The van der Waals surface area contributed by atoms with Gasteiger partial charge in [-0.25, -0.2) is 8.42 Å². The molecule has 7 nitrogen and oxygen atoms in total. The van der Waals surface area contributed by atoms with Gasteiger partial charge in [0, 0.05) is 13.6 Å². The summed E-state index contributed by atoms with van der Waals surface area (Å²) in [4.78, 5) is 28.3. The van der Waals surface area contributed by atoms with Gasteiger partial charge in [0.1, 0.15) is 12.6 Å². The van der Waals surface area contributed by atoms with E-state index in [1.54, 1.807) is 49.4 Å². The molecular formula is C29H33Cl2N3O4S. The van der Waals surface area contributed by atoms with Crippen LogP contribution < -0.4 is 9.62 Å². The van der Waals surface area contributed by atoms with E-state index in [0.29, 0.717) is 27.7 Å². The highest BCUT2D eigenvalue weighted by Crippen LogP contribution is 2.30. The summed E-state index contributed by atoms with van der Waals surface area (Å²) in [6.07, 6.45) is 0.320. The van der Waals surface area contributed by atoms with Crippen LogP contribution in [0.25, 0.3) is 0 Å². The van der Waals surface area contributed by atoms with Gasteiger partial charge in [-0.15, -0.1) is 0 Å². The molecule has 2 amide bonds. The van der Waals surface area contributed by atoms with E-state index in [0.717, 1.165) is 21.0 Å². The molecule has 0 radical (unpaired) electrons. The summed E-state index contributed by atoms with van der Waals surface area (Å²) >= 11 is 12.3. The molecule has 0 unspecified atom stereocenters. The minimum atomic E-state index is -4.14. The van der Waals surface area contributed by atoms with Crippen LogP contribution >= 0.6 is 23.2 Å². The molecule has 0 saturated carbocycles. The summed E-state index contributed by atoms with van der Waals surface area (Å²) in [5.41, 5.74) is 3.57. The van der Waals surface area contributed by atoms with E-state index in [4.69, 9.17) is 23.2 Å². The Morgan fingerprint density at radius 3 is 2.21 bits per heavy atom. The average Bonchev–Trinajstić information content (AvgIpc) is 2.90. The third kappa shape index (κ3) is 6.93. The zero-order chi connectivity index (χ0) is 28.9. The molecule has 3 aromatic rings. The molecule has 0 aromatic heterocycles. The molecule has 208 valence electrons. The highest BCUT2D eigenvalue weighted by molar-refractivity contribution is 7.92. The van der Waals surface area contributed by atoms with Crippen molar-refractivity contribution in [3.8, 4) is 0 Å². The Kier molecular flexibility index (Phi) is 10.0. The number of nitrogens with zero attached hydrogens (tertiary/aromatic N) is 2. The quantitative estimate of drug-likeness (QED) is 0.330. The van der Waals surface area contributed by atoms with E-state index in [2.05, 4.69) is 5.32 Å². The first-order chi connectivity index (χ1) is 18.4. The fourth-order valence-corrected chi connectivity index (χ4v) is 6.07. The van der Waals surface area contributed by atoms with Crippen molar-refractivity contribution >= 4 is 50.7 Å². The van der Waals surface area contributed by atoms with Gasteiger partial charge in [0.15, 0.2) is 0 Å². The monoisotopic (exact) mass is 589 g/mol. The van der Waals surface area contributed by atoms with Crippen LogP contribution in [0.3, 0.4) is 0 Å². The molecule has 0 fully saturated rings. The summed E-state index contributed by atoms with van der Waals surface area (Å²) < 4.78 is 29.1. The lowest BCUT2D eigenvalue weighted by molar-refractivity contribution is -0.140. The SMILES string of the molecule is CC[C@@H](C(=O)NC)N(Cc1ccc(Cl)c(Cl)c1)C(=O)CN(c1cccc(C)c1C)S(=O)(=O)c1ccc(C)cc1. The van der Waals surface area contributed by atoms with E-state index in [1.165, 1.54) is 24.1 Å². The third-order valence-electron chi connectivity index (χ3n) is 6.70.